The first kappa shape index (κ1) is 16.9. The predicted molar refractivity (Wildman–Crippen MR) is 97.1 cm³/mol. The van der Waals surface area contributed by atoms with Crippen molar-refractivity contribution in [1.29, 1.82) is 0 Å². The van der Waals surface area contributed by atoms with Gasteiger partial charge in [-0.05, 0) is 53.4 Å². The highest BCUT2D eigenvalue weighted by Gasteiger charge is 2.11. The Morgan fingerprint density at radius 3 is 1.95 bits per heavy atom. The number of rotatable bonds is 2. The molecule has 1 aromatic rings. The SMILES string of the molecule is Cc1ccc(Br)c(NC2CCCCCCCCCCC2)c1. The van der Waals surface area contributed by atoms with Gasteiger partial charge in [-0.3, -0.25) is 0 Å². The van der Waals surface area contributed by atoms with Gasteiger partial charge in [-0.1, -0.05) is 63.9 Å². The normalized spacial score (nSPS) is 19.5. The van der Waals surface area contributed by atoms with Crippen molar-refractivity contribution in [3.05, 3.63) is 28.2 Å². The molecule has 2 rings (SSSR count). The van der Waals surface area contributed by atoms with E-state index in [1.807, 2.05) is 0 Å². The monoisotopic (exact) mass is 351 g/mol. The van der Waals surface area contributed by atoms with Crippen LogP contribution in [-0.4, -0.2) is 6.04 Å². The van der Waals surface area contributed by atoms with Crippen molar-refractivity contribution in [3.8, 4) is 0 Å². The third kappa shape index (κ3) is 6.42. The lowest BCUT2D eigenvalue weighted by Crippen LogP contribution is -2.20. The molecular weight excluding hydrogens is 322 g/mol. The summed E-state index contributed by atoms with van der Waals surface area (Å²) in [6, 6.07) is 7.23. The fraction of sp³-hybridized carbons (Fsp3) is 0.684. The highest BCUT2D eigenvalue weighted by atomic mass is 79.9. The Balaban J connectivity index is 1.92. The molecule has 0 aromatic heterocycles. The molecule has 0 radical (unpaired) electrons. The number of halogens is 1. The summed E-state index contributed by atoms with van der Waals surface area (Å²) in [7, 11) is 0. The Kier molecular flexibility index (Phi) is 7.63. The summed E-state index contributed by atoms with van der Waals surface area (Å²) in [5.41, 5.74) is 2.60. The summed E-state index contributed by atoms with van der Waals surface area (Å²) in [5.74, 6) is 0. The van der Waals surface area contributed by atoms with E-state index in [0.717, 1.165) is 0 Å². The second kappa shape index (κ2) is 9.50. The molecule has 118 valence electrons. The smallest absolute Gasteiger partial charge is 0.0489 e. The lowest BCUT2D eigenvalue weighted by Gasteiger charge is -2.22. The lowest BCUT2D eigenvalue weighted by atomic mass is 9.97. The van der Waals surface area contributed by atoms with Crippen molar-refractivity contribution in [1.82, 2.24) is 0 Å². The van der Waals surface area contributed by atoms with Crippen LogP contribution in [0.15, 0.2) is 22.7 Å². The minimum absolute atomic E-state index is 0.641. The Morgan fingerprint density at radius 2 is 1.38 bits per heavy atom. The highest BCUT2D eigenvalue weighted by Crippen LogP contribution is 2.26. The van der Waals surface area contributed by atoms with Gasteiger partial charge in [0, 0.05) is 16.2 Å². The van der Waals surface area contributed by atoms with Gasteiger partial charge in [0.05, 0.1) is 0 Å². The molecule has 0 spiro atoms. The molecule has 1 saturated carbocycles. The number of anilines is 1. The van der Waals surface area contributed by atoms with E-state index in [1.165, 1.54) is 86.4 Å². The van der Waals surface area contributed by atoms with E-state index in [1.54, 1.807) is 0 Å². The number of hydrogen-bond donors (Lipinski definition) is 1. The number of nitrogens with one attached hydrogen (secondary N) is 1. The van der Waals surface area contributed by atoms with Gasteiger partial charge in [-0.2, -0.15) is 0 Å². The van der Waals surface area contributed by atoms with Crippen LogP contribution in [0.4, 0.5) is 5.69 Å². The third-order valence-electron chi connectivity index (χ3n) is 4.59. The summed E-state index contributed by atoms with van der Waals surface area (Å²) < 4.78 is 1.19. The second-order valence-electron chi connectivity index (χ2n) is 6.58. The van der Waals surface area contributed by atoms with E-state index in [4.69, 9.17) is 0 Å². The average molecular weight is 352 g/mol. The molecule has 0 atom stereocenters. The summed E-state index contributed by atoms with van der Waals surface area (Å²) in [6.45, 7) is 2.17. The van der Waals surface area contributed by atoms with E-state index in [2.05, 4.69) is 46.4 Å². The summed E-state index contributed by atoms with van der Waals surface area (Å²) in [4.78, 5) is 0. The van der Waals surface area contributed by atoms with Crippen LogP contribution < -0.4 is 5.32 Å². The molecule has 0 amide bonds. The average Bonchev–Trinajstić information content (AvgIpc) is 2.45. The van der Waals surface area contributed by atoms with Crippen molar-refractivity contribution in [2.24, 2.45) is 0 Å². The molecule has 1 N–H and O–H groups in total. The molecule has 1 fully saturated rings. The van der Waals surface area contributed by atoms with Crippen LogP contribution in [0.25, 0.3) is 0 Å². The maximum atomic E-state index is 3.80. The molecule has 0 unspecified atom stereocenters. The zero-order valence-corrected chi connectivity index (χ0v) is 15.1. The largest absolute Gasteiger partial charge is 0.381 e. The van der Waals surface area contributed by atoms with Crippen molar-refractivity contribution >= 4 is 21.6 Å². The van der Waals surface area contributed by atoms with Crippen LogP contribution >= 0.6 is 15.9 Å². The van der Waals surface area contributed by atoms with Gasteiger partial charge in [0.15, 0.2) is 0 Å². The molecule has 0 aliphatic heterocycles. The van der Waals surface area contributed by atoms with Gasteiger partial charge in [0.2, 0.25) is 0 Å². The standard InChI is InChI=1S/C19H30BrN/c1-16-13-14-18(20)19(15-16)21-17-11-9-7-5-3-2-4-6-8-10-12-17/h13-15,17,21H,2-12H2,1H3. The molecular formula is C19H30BrN. The Bertz CT molecular complexity index is 404. The van der Waals surface area contributed by atoms with Crippen molar-refractivity contribution in [2.45, 2.75) is 83.6 Å². The Hall–Kier alpha value is -0.500. The Labute approximate surface area is 139 Å². The zero-order chi connectivity index (χ0) is 14.9. The first-order valence-corrected chi connectivity index (χ1v) is 9.58. The van der Waals surface area contributed by atoms with Crippen molar-refractivity contribution < 1.29 is 0 Å². The van der Waals surface area contributed by atoms with E-state index < -0.39 is 0 Å². The quantitative estimate of drug-likeness (QED) is 0.614. The van der Waals surface area contributed by atoms with Gasteiger partial charge in [-0.25, -0.2) is 0 Å². The zero-order valence-electron chi connectivity index (χ0n) is 13.5. The molecule has 1 aromatic carbocycles. The summed E-state index contributed by atoms with van der Waals surface area (Å²) in [6.07, 6.45) is 15.4. The summed E-state index contributed by atoms with van der Waals surface area (Å²) >= 11 is 3.68. The van der Waals surface area contributed by atoms with Gasteiger partial charge in [-0.15, -0.1) is 0 Å². The van der Waals surface area contributed by atoms with Crippen LogP contribution in [0.5, 0.6) is 0 Å². The van der Waals surface area contributed by atoms with Crippen LogP contribution in [-0.2, 0) is 0 Å². The number of aryl methyl sites for hydroxylation is 1. The van der Waals surface area contributed by atoms with Gasteiger partial charge >= 0.3 is 0 Å². The fourth-order valence-corrected chi connectivity index (χ4v) is 3.64. The van der Waals surface area contributed by atoms with Crippen LogP contribution in [0.3, 0.4) is 0 Å². The highest BCUT2D eigenvalue weighted by molar-refractivity contribution is 9.10. The number of hydrogen-bond acceptors (Lipinski definition) is 1. The molecule has 0 heterocycles. The van der Waals surface area contributed by atoms with Crippen molar-refractivity contribution in [3.63, 3.8) is 0 Å². The van der Waals surface area contributed by atoms with Gasteiger partial charge < -0.3 is 5.32 Å². The molecule has 0 bridgehead atoms. The second-order valence-corrected chi connectivity index (χ2v) is 7.44. The maximum absolute atomic E-state index is 3.80. The molecule has 1 aliphatic rings. The predicted octanol–water partition coefficient (Wildman–Crippen LogP) is 6.84. The van der Waals surface area contributed by atoms with E-state index in [9.17, 15) is 0 Å². The minimum atomic E-state index is 0.641. The fourth-order valence-electron chi connectivity index (χ4n) is 3.28. The first-order valence-electron chi connectivity index (χ1n) is 8.78. The summed E-state index contributed by atoms with van der Waals surface area (Å²) in [5, 5.41) is 3.80. The van der Waals surface area contributed by atoms with Crippen LogP contribution in [0, 0.1) is 6.92 Å². The van der Waals surface area contributed by atoms with Crippen LogP contribution in [0.2, 0.25) is 0 Å². The van der Waals surface area contributed by atoms with E-state index in [0.29, 0.717) is 6.04 Å². The molecule has 2 heteroatoms. The van der Waals surface area contributed by atoms with Gasteiger partial charge in [0.25, 0.3) is 0 Å². The molecule has 0 saturated heterocycles. The Morgan fingerprint density at radius 1 is 0.857 bits per heavy atom. The molecule has 21 heavy (non-hydrogen) atoms. The van der Waals surface area contributed by atoms with Gasteiger partial charge in [0.1, 0.15) is 0 Å². The number of benzene rings is 1. The molecule has 1 nitrogen and oxygen atoms in total. The van der Waals surface area contributed by atoms with Crippen molar-refractivity contribution in [2.75, 3.05) is 5.32 Å². The van der Waals surface area contributed by atoms with E-state index in [-0.39, 0.29) is 0 Å². The minimum Gasteiger partial charge on any atom is -0.381 e. The van der Waals surface area contributed by atoms with E-state index >= 15 is 0 Å². The third-order valence-corrected chi connectivity index (χ3v) is 5.28. The van der Waals surface area contributed by atoms with Crippen LogP contribution in [0.1, 0.15) is 76.2 Å². The maximum Gasteiger partial charge on any atom is 0.0489 e. The lowest BCUT2D eigenvalue weighted by molar-refractivity contribution is 0.480. The first-order chi connectivity index (χ1) is 10.3. The molecule has 1 aliphatic carbocycles. The topological polar surface area (TPSA) is 12.0 Å².